The Bertz CT molecular complexity index is 422. The van der Waals surface area contributed by atoms with Gasteiger partial charge < -0.3 is 5.73 Å². The molecule has 1 aliphatic heterocycles. The second kappa shape index (κ2) is 4.81. The average molecular weight is 235 g/mol. The van der Waals surface area contributed by atoms with E-state index in [1.54, 1.807) is 12.1 Å². The van der Waals surface area contributed by atoms with E-state index in [0.717, 1.165) is 25.1 Å². The summed E-state index contributed by atoms with van der Waals surface area (Å²) in [5, 5.41) is 10.8. The molecule has 2 N–H and O–H groups in total. The monoisotopic (exact) mass is 235 g/mol. The van der Waals surface area contributed by atoms with Crippen LogP contribution in [-0.4, -0.2) is 29.0 Å². The number of rotatable bonds is 3. The highest BCUT2D eigenvalue weighted by Gasteiger charge is 2.32. The number of hydrogen-bond donors (Lipinski definition) is 1. The highest BCUT2D eigenvalue weighted by molar-refractivity contribution is 5.36. The minimum atomic E-state index is -0.361. The SMILES string of the molecule is CCN1CCC(N)C1c1cccc([N+](=O)[O-])c1. The smallest absolute Gasteiger partial charge is 0.269 e. The van der Waals surface area contributed by atoms with Crippen molar-refractivity contribution < 1.29 is 4.92 Å². The zero-order chi connectivity index (χ0) is 12.4. The van der Waals surface area contributed by atoms with Crippen LogP contribution in [0.1, 0.15) is 24.9 Å². The summed E-state index contributed by atoms with van der Waals surface area (Å²) >= 11 is 0. The minimum absolute atomic E-state index is 0.0666. The van der Waals surface area contributed by atoms with Crippen molar-refractivity contribution in [2.75, 3.05) is 13.1 Å². The van der Waals surface area contributed by atoms with E-state index in [1.807, 2.05) is 6.07 Å². The van der Waals surface area contributed by atoms with Gasteiger partial charge in [0.25, 0.3) is 5.69 Å². The summed E-state index contributed by atoms with van der Waals surface area (Å²) in [4.78, 5) is 12.7. The fourth-order valence-corrected chi connectivity index (χ4v) is 2.52. The first-order valence-electron chi connectivity index (χ1n) is 5.87. The molecular formula is C12H17N3O2. The minimum Gasteiger partial charge on any atom is -0.326 e. The molecule has 0 amide bonds. The molecule has 92 valence electrons. The second-order valence-corrected chi connectivity index (χ2v) is 4.38. The molecule has 0 aromatic heterocycles. The van der Waals surface area contributed by atoms with Gasteiger partial charge in [0.2, 0.25) is 0 Å². The van der Waals surface area contributed by atoms with Gasteiger partial charge >= 0.3 is 0 Å². The Morgan fingerprint density at radius 3 is 3.00 bits per heavy atom. The van der Waals surface area contributed by atoms with Crippen LogP contribution in [0.15, 0.2) is 24.3 Å². The number of nitro groups is 1. The predicted molar refractivity (Wildman–Crippen MR) is 65.7 cm³/mol. The number of likely N-dealkylation sites (N-methyl/N-ethyl adjacent to an activating group) is 1. The quantitative estimate of drug-likeness (QED) is 0.639. The normalized spacial score (nSPS) is 25.1. The largest absolute Gasteiger partial charge is 0.326 e. The van der Waals surface area contributed by atoms with Crippen molar-refractivity contribution in [3.63, 3.8) is 0 Å². The summed E-state index contributed by atoms with van der Waals surface area (Å²) in [5.41, 5.74) is 7.18. The Morgan fingerprint density at radius 1 is 1.59 bits per heavy atom. The topological polar surface area (TPSA) is 72.4 Å². The van der Waals surface area contributed by atoms with Crippen LogP contribution < -0.4 is 5.73 Å². The van der Waals surface area contributed by atoms with Crippen molar-refractivity contribution in [3.8, 4) is 0 Å². The molecule has 2 atom stereocenters. The molecule has 1 aromatic carbocycles. The van der Waals surface area contributed by atoms with Crippen molar-refractivity contribution in [1.29, 1.82) is 0 Å². The molecule has 1 aliphatic rings. The lowest BCUT2D eigenvalue weighted by atomic mass is 10.0. The molecule has 1 aromatic rings. The van der Waals surface area contributed by atoms with Crippen LogP contribution in [0.5, 0.6) is 0 Å². The van der Waals surface area contributed by atoms with E-state index in [4.69, 9.17) is 5.73 Å². The zero-order valence-corrected chi connectivity index (χ0v) is 9.87. The van der Waals surface area contributed by atoms with Crippen LogP contribution in [0.2, 0.25) is 0 Å². The fourth-order valence-electron chi connectivity index (χ4n) is 2.52. The van der Waals surface area contributed by atoms with Crippen LogP contribution in [-0.2, 0) is 0 Å². The Labute approximate surface area is 100 Å². The van der Waals surface area contributed by atoms with Gasteiger partial charge in [-0.3, -0.25) is 15.0 Å². The van der Waals surface area contributed by atoms with Crippen LogP contribution in [0.25, 0.3) is 0 Å². The number of nitrogens with zero attached hydrogens (tertiary/aromatic N) is 2. The van der Waals surface area contributed by atoms with Gasteiger partial charge in [-0.25, -0.2) is 0 Å². The van der Waals surface area contributed by atoms with Crippen molar-refractivity contribution in [1.82, 2.24) is 4.90 Å². The maximum Gasteiger partial charge on any atom is 0.269 e. The number of nitrogens with two attached hydrogens (primary N) is 1. The lowest BCUT2D eigenvalue weighted by molar-refractivity contribution is -0.384. The third kappa shape index (κ3) is 2.30. The first-order valence-corrected chi connectivity index (χ1v) is 5.87. The number of hydrogen-bond acceptors (Lipinski definition) is 4. The number of non-ortho nitro benzene ring substituents is 1. The molecule has 0 radical (unpaired) electrons. The van der Waals surface area contributed by atoms with E-state index in [-0.39, 0.29) is 22.7 Å². The molecule has 0 saturated carbocycles. The molecule has 1 heterocycles. The number of likely N-dealkylation sites (tertiary alicyclic amines) is 1. The Balaban J connectivity index is 2.32. The van der Waals surface area contributed by atoms with E-state index < -0.39 is 0 Å². The van der Waals surface area contributed by atoms with Crippen molar-refractivity contribution >= 4 is 5.69 Å². The van der Waals surface area contributed by atoms with Crippen LogP contribution in [0.4, 0.5) is 5.69 Å². The Kier molecular flexibility index (Phi) is 3.40. The third-order valence-electron chi connectivity index (χ3n) is 3.38. The summed E-state index contributed by atoms with van der Waals surface area (Å²) in [6, 6.07) is 6.98. The molecule has 1 saturated heterocycles. The molecule has 0 aliphatic carbocycles. The molecule has 2 unspecified atom stereocenters. The van der Waals surface area contributed by atoms with Crippen molar-refractivity contribution in [2.24, 2.45) is 5.73 Å². The number of benzene rings is 1. The van der Waals surface area contributed by atoms with Gasteiger partial charge in [-0.1, -0.05) is 19.1 Å². The standard InChI is InChI=1S/C12H17N3O2/c1-2-14-7-6-11(13)12(14)9-4-3-5-10(8-9)15(16)17/h3-5,8,11-12H,2,6-7,13H2,1H3. The van der Waals surface area contributed by atoms with E-state index in [2.05, 4.69) is 11.8 Å². The Hall–Kier alpha value is -1.46. The highest BCUT2D eigenvalue weighted by atomic mass is 16.6. The molecule has 0 bridgehead atoms. The maximum atomic E-state index is 10.8. The molecule has 5 heteroatoms. The summed E-state index contributed by atoms with van der Waals surface area (Å²) in [6.07, 6.45) is 0.946. The molecule has 0 spiro atoms. The Morgan fingerprint density at radius 2 is 2.35 bits per heavy atom. The lowest BCUT2D eigenvalue weighted by Gasteiger charge is -2.25. The fraction of sp³-hybridized carbons (Fsp3) is 0.500. The van der Waals surface area contributed by atoms with E-state index >= 15 is 0 Å². The lowest BCUT2D eigenvalue weighted by Crippen LogP contribution is -2.31. The summed E-state index contributed by atoms with van der Waals surface area (Å²) < 4.78 is 0. The van der Waals surface area contributed by atoms with Crippen molar-refractivity contribution in [3.05, 3.63) is 39.9 Å². The summed E-state index contributed by atoms with van der Waals surface area (Å²) in [6.45, 7) is 3.97. The molecular weight excluding hydrogens is 218 g/mol. The molecule has 5 nitrogen and oxygen atoms in total. The predicted octanol–water partition coefficient (Wildman–Crippen LogP) is 1.69. The maximum absolute atomic E-state index is 10.8. The zero-order valence-electron chi connectivity index (χ0n) is 9.87. The first-order chi connectivity index (χ1) is 8.13. The van der Waals surface area contributed by atoms with Gasteiger partial charge in [0.15, 0.2) is 0 Å². The summed E-state index contributed by atoms with van der Waals surface area (Å²) in [5.74, 6) is 0. The van der Waals surface area contributed by atoms with Gasteiger partial charge in [0, 0.05) is 24.7 Å². The van der Waals surface area contributed by atoms with E-state index in [1.165, 1.54) is 6.07 Å². The van der Waals surface area contributed by atoms with E-state index in [0.29, 0.717) is 0 Å². The van der Waals surface area contributed by atoms with Crippen molar-refractivity contribution in [2.45, 2.75) is 25.4 Å². The second-order valence-electron chi connectivity index (χ2n) is 4.38. The first kappa shape index (κ1) is 12.0. The molecule has 2 rings (SSSR count). The molecule has 17 heavy (non-hydrogen) atoms. The van der Waals surface area contributed by atoms with Crippen LogP contribution in [0.3, 0.4) is 0 Å². The highest BCUT2D eigenvalue weighted by Crippen LogP contribution is 2.32. The van der Waals surface area contributed by atoms with Crippen LogP contribution >= 0.6 is 0 Å². The summed E-state index contributed by atoms with van der Waals surface area (Å²) in [7, 11) is 0. The van der Waals surface area contributed by atoms with Gasteiger partial charge in [0.1, 0.15) is 0 Å². The third-order valence-corrected chi connectivity index (χ3v) is 3.38. The van der Waals surface area contributed by atoms with Gasteiger partial charge in [-0.2, -0.15) is 0 Å². The number of nitro benzene ring substituents is 1. The van der Waals surface area contributed by atoms with Crippen LogP contribution in [0, 0.1) is 10.1 Å². The van der Waals surface area contributed by atoms with Gasteiger partial charge in [-0.05, 0) is 18.5 Å². The molecule has 1 fully saturated rings. The van der Waals surface area contributed by atoms with Gasteiger partial charge in [0.05, 0.1) is 11.0 Å². The van der Waals surface area contributed by atoms with Gasteiger partial charge in [-0.15, -0.1) is 0 Å². The average Bonchev–Trinajstić information content (AvgIpc) is 2.70. The van der Waals surface area contributed by atoms with E-state index in [9.17, 15) is 10.1 Å².